The summed E-state index contributed by atoms with van der Waals surface area (Å²) in [5.74, 6) is -0.253. The van der Waals surface area contributed by atoms with E-state index >= 15 is 0 Å². The van der Waals surface area contributed by atoms with E-state index < -0.39 is 0 Å². The molecule has 2 heterocycles. The van der Waals surface area contributed by atoms with E-state index in [1.807, 2.05) is 0 Å². The second-order valence-corrected chi connectivity index (χ2v) is 3.20. The highest BCUT2D eigenvalue weighted by molar-refractivity contribution is 5.79. The van der Waals surface area contributed by atoms with Crippen molar-refractivity contribution in [1.82, 2.24) is 0 Å². The van der Waals surface area contributed by atoms with Gasteiger partial charge in [-0.2, -0.15) is 0 Å². The third-order valence-corrected chi connectivity index (χ3v) is 2.53. The first-order valence-electron chi connectivity index (χ1n) is 4.12. The van der Waals surface area contributed by atoms with Gasteiger partial charge < -0.3 is 14.2 Å². The first-order chi connectivity index (χ1) is 5.78. The molecule has 0 aliphatic carbocycles. The van der Waals surface area contributed by atoms with Gasteiger partial charge in [0.1, 0.15) is 5.60 Å². The summed E-state index contributed by atoms with van der Waals surface area (Å²) in [5.41, 5.74) is -0.231. The summed E-state index contributed by atoms with van der Waals surface area (Å²) < 4.78 is 15.1. The lowest BCUT2D eigenvalue weighted by atomic mass is 9.96. The Kier molecular flexibility index (Phi) is 1.81. The minimum absolute atomic E-state index is 0.231. The van der Waals surface area contributed by atoms with Crippen molar-refractivity contribution in [3.63, 3.8) is 0 Å². The molecule has 2 fully saturated rings. The summed E-state index contributed by atoms with van der Waals surface area (Å²) in [5, 5.41) is 0. The Labute approximate surface area is 70.8 Å². The fourth-order valence-electron chi connectivity index (χ4n) is 1.67. The molecule has 2 aliphatic rings. The third kappa shape index (κ3) is 1.11. The smallest absolute Gasteiger partial charge is 0.338 e. The number of hydrogen-bond donors (Lipinski definition) is 0. The summed E-state index contributed by atoms with van der Waals surface area (Å²) in [6.45, 7) is 1.38. The maximum atomic E-state index is 11.1. The summed E-state index contributed by atoms with van der Waals surface area (Å²) in [6, 6.07) is 0. The lowest BCUT2D eigenvalue weighted by Gasteiger charge is -2.18. The molecule has 0 amide bonds. The van der Waals surface area contributed by atoms with E-state index in [1.165, 1.54) is 7.11 Å². The molecular weight excluding hydrogens is 160 g/mol. The molecule has 0 saturated carbocycles. The van der Waals surface area contributed by atoms with Crippen molar-refractivity contribution in [3.05, 3.63) is 0 Å². The zero-order valence-corrected chi connectivity index (χ0v) is 7.04. The Morgan fingerprint density at radius 3 is 2.75 bits per heavy atom. The second kappa shape index (κ2) is 2.71. The quantitative estimate of drug-likeness (QED) is 0.416. The van der Waals surface area contributed by atoms with Crippen LogP contribution in [-0.4, -0.2) is 38.0 Å². The van der Waals surface area contributed by atoms with Crippen LogP contribution in [-0.2, 0) is 19.0 Å². The number of carbonyl (C=O) groups excluding carboxylic acids is 1. The Balaban J connectivity index is 1.95. The van der Waals surface area contributed by atoms with Crippen LogP contribution in [0.5, 0.6) is 0 Å². The molecule has 0 bridgehead atoms. The molecule has 2 rings (SSSR count). The lowest BCUT2D eigenvalue weighted by Crippen LogP contribution is -2.29. The average Bonchev–Trinajstić information content (AvgIpc) is 2.80. The van der Waals surface area contributed by atoms with E-state index in [9.17, 15) is 4.79 Å². The first kappa shape index (κ1) is 8.01. The zero-order valence-electron chi connectivity index (χ0n) is 7.04. The topological polar surface area (TPSA) is 48.1 Å². The van der Waals surface area contributed by atoms with Crippen molar-refractivity contribution in [2.75, 3.05) is 20.3 Å². The molecular formula is C8H12O4. The summed E-state index contributed by atoms with van der Waals surface area (Å²) in [6.07, 6.45) is 1.30. The number of ether oxygens (including phenoxy) is 3. The van der Waals surface area contributed by atoms with Crippen LogP contribution in [0.25, 0.3) is 0 Å². The lowest BCUT2D eigenvalue weighted by molar-refractivity contribution is -0.142. The van der Waals surface area contributed by atoms with E-state index in [4.69, 9.17) is 9.47 Å². The van der Waals surface area contributed by atoms with Gasteiger partial charge in [0, 0.05) is 26.1 Å². The molecule has 1 unspecified atom stereocenters. The molecule has 0 aromatic heterocycles. The number of hydrogen-bond acceptors (Lipinski definition) is 4. The van der Waals surface area contributed by atoms with Crippen LogP contribution < -0.4 is 0 Å². The first-order valence-corrected chi connectivity index (χ1v) is 4.12. The van der Waals surface area contributed by atoms with Crippen molar-refractivity contribution in [1.29, 1.82) is 0 Å². The minimum Gasteiger partial charge on any atom is -0.467 e. The Hall–Kier alpha value is -0.610. The normalized spacial score (nSPS) is 31.6. The van der Waals surface area contributed by atoms with Gasteiger partial charge in [0.15, 0.2) is 6.10 Å². The van der Waals surface area contributed by atoms with E-state index in [1.54, 1.807) is 0 Å². The monoisotopic (exact) mass is 172 g/mol. The molecule has 4 heteroatoms. The molecule has 68 valence electrons. The van der Waals surface area contributed by atoms with Crippen molar-refractivity contribution in [3.8, 4) is 0 Å². The van der Waals surface area contributed by atoms with Crippen molar-refractivity contribution in [2.24, 2.45) is 0 Å². The van der Waals surface area contributed by atoms with Gasteiger partial charge in [-0.25, -0.2) is 4.79 Å². The predicted octanol–water partition coefficient (Wildman–Crippen LogP) is 0.107. The number of rotatable bonds is 1. The molecule has 2 aliphatic heterocycles. The Bertz CT molecular complexity index is 195. The number of methoxy groups -OCH3 is 1. The minimum atomic E-state index is -0.327. The molecule has 4 nitrogen and oxygen atoms in total. The van der Waals surface area contributed by atoms with Crippen LogP contribution in [0.4, 0.5) is 0 Å². The zero-order chi connectivity index (χ0) is 8.60. The van der Waals surface area contributed by atoms with E-state index in [0.717, 1.165) is 12.8 Å². The van der Waals surface area contributed by atoms with Crippen LogP contribution >= 0.6 is 0 Å². The molecule has 0 radical (unpaired) electrons. The SMILES string of the molecule is COC(=O)C1OC12CCOCC2. The fourth-order valence-corrected chi connectivity index (χ4v) is 1.67. The third-order valence-electron chi connectivity index (χ3n) is 2.53. The molecule has 0 N–H and O–H groups in total. The van der Waals surface area contributed by atoms with Crippen LogP contribution in [0.3, 0.4) is 0 Å². The summed E-state index contributed by atoms with van der Waals surface area (Å²) >= 11 is 0. The van der Waals surface area contributed by atoms with Crippen molar-refractivity contribution < 1.29 is 19.0 Å². The van der Waals surface area contributed by atoms with Gasteiger partial charge in [-0.05, 0) is 0 Å². The second-order valence-electron chi connectivity index (χ2n) is 3.20. The standard InChI is InChI=1S/C8H12O4/c1-10-7(9)6-8(12-6)2-4-11-5-3-8/h6H,2-5H2,1H3. The van der Waals surface area contributed by atoms with Gasteiger partial charge in [0.25, 0.3) is 0 Å². The van der Waals surface area contributed by atoms with Crippen LogP contribution in [0, 0.1) is 0 Å². The van der Waals surface area contributed by atoms with Crippen molar-refractivity contribution >= 4 is 5.97 Å². The van der Waals surface area contributed by atoms with E-state index in [2.05, 4.69) is 4.74 Å². The summed E-state index contributed by atoms with van der Waals surface area (Å²) in [7, 11) is 1.39. The maximum Gasteiger partial charge on any atom is 0.338 e. The number of esters is 1. The largest absolute Gasteiger partial charge is 0.467 e. The van der Waals surface area contributed by atoms with Gasteiger partial charge in [-0.15, -0.1) is 0 Å². The molecule has 0 aromatic rings. The fraction of sp³-hybridized carbons (Fsp3) is 0.875. The van der Waals surface area contributed by atoms with Gasteiger partial charge in [-0.3, -0.25) is 0 Å². The molecule has 1 atom stereocenters. The predicted molar refractivity (Wildman–Crippen MR) is 39.7 cm³/mol. The molecule has 1 spiro atoms. The van der Waals surface area contributed by atoms with Crippen LogP contribution in [0.15, 0.2) is 0 Å². The number of carbonyl (C=O) groups is 1. The maximum absolute atomic E-state index is 11.1. The summed E-state index contributed by atoms with van der Waals surface area (Å²) in [4.78, 5) is 11.1. The van der Waals surface area contributed by atoms with Crippen LogP contribution in [0.1, 0.15) is 12.8 Å². The molecule has 2 saturated heterocycles. The van der Waals surface area contributed by atoms with E-state index in [0.29, 0.717) is 13.2 Å². The molecule has 12 heavy (non-hydrogen) atoms. The highest BCUT2D eigenvalue weighted by atomic mass is 16.7. The average molecular weight is 172 g/mol. The van der Waals surface area contributed by atoms with Gasteiger partial charge in [0.2, 0.25) is 0 Å². The van der Waals surface area contributed by atoms with Gasteiger partial charge in [-0.1, -0.05) is 0 Å². The van der Waals surface area contributed by atoms with Gasteiger partial charge in [0.05, 0.1) is 7.11 Å². The highest BCUT2D eigenvalue weighted by Crippen LogP contribution is 2.45. The number of epoxide rings is 1. The Morgan fingerprint density at radius 2 is 2.17 bits per heavy atom. The van der Waals surface area contributed by atoms with Crippen LogP contribution in [0.2, 0.25) is 0 Å². The van der Waals surface area contributed by atoms with Crippen molar-refractivity contribution in [2.45, 2.75) is 24.5 Å². The molecule has 0 aromatic carbocycles. The van der Waals surface area contributed by atoms with Gasteiger partial charge >= 0.3 is 5.97 Å². The Morgan fingerprint density at radius 1 is 1.50 bits per heavy atom. The highest BCUT2D eigenvalue weighted by Gasteiger charge is 2.61. The van der Waals surface area contributed by atoms with E-state index in [-0.39, 0.29) is 17.7 Å².